The maximum Gasteiger partial charge on any atom is 0.221 e. The molecule has 1 aromatic carbocycles. The fourth-order valence-corrected chi connectivity index (χ4v) is 2.82. The van der Waals surface area contributed by atoms with Crippen molar-refractivity contribution in [1.82, 2.24) is 15.0 Å². The third kappa shape index (κ3) is 3.76. The van der Waals surface area contributed by atoms with E-state index in [-0.39, 0.29) is 5.95 Å². The van der Waals surface area contributed by atoms with Gasteiger partial charge in [0.05, 0.1) is 18.5 Å². The van der Waals surface area contributed by atoms with E-state index in [9.17, 15) is 0 Å². The Hall–Kier alpha value is -2.95. The molecule has 0 aliphatic carbocycles. The third-order valence-corrected chi connectivity index (χ3v) is 4.10. The van der Waals surface area contributed by atoms with Gasteiger partial charge in [0.2, 0.25) is 5.95 Å². The number of ether oxygens (including phenoxy) is 1. The number of hydrogen-bond acceptors (Lipinski definition) is 5. The fourth-order valence-electron chi connectivity index (χ4n) is 2.82. The molecule has 0 unspecified atom stereocenters. The first-order valence-corrected chi connectivity index (χ1v) is 8.44. The van der Waals surface area contributed by atoms with Gasteiger partial charge >= 0.3 is 0 Å². The summed E-state index contributed by atoms with van der Waals surface area (Å²) >= 11 is 0. The van der Waals surface area contributed by atoms with Crippen LogP contribution in [0.25, 0.3) is 22.5 Å². The molecule has 0 fully saturated rings. The van der Waals surface area contributed by atoms with E-state index in [1.807, 2.05) is 42.6 Å². The molecular formula is C20H22N4O. The van der Waals surface area contributed by atoms with E-state index in [1.54, 1.807) is 13.3 Å². The van der Waals surface area contributed by atoms with E-state index in [0.29, 0.717) is 0 Å². The molecule has 0 saturated heterocycles. The molecule has 2 aromatic heterocycles. The van der Waals surface area contributed by atoms with Crippen molar-refractivity contribution >= 4 is 5.95 Å². The van der Waals surface area contributed by atoms with Crippen LogP contribution < -0.4 is 10.5 Å². The number of nitrogens with zero attached hydrogens (tertiary/aromatic N) is 3. The van der Waals surface area contributed by atoms with Crippen molar-refractivity contribution in [3.63, 3.8) is 0 Å². The highest BCUT2D eigenvalue weighted by molar-refractivity contribution is 5.74. The van der Waals surface area contributed by atoms with Gasteiger partial charge in [0, 0.05) is 29.1 Å². The topological polar surface area (TPSA) is 73.9 Å². The Morgan fingerprint density at radius 2 is 1.72 bits per heavy atom. The molecule has 3 aromatic rings. The summed E-state index contributed by atoms with van der Waals surface area (Å²) in [6.45, 7) is 2.18. The molecule has 5 nitrogen and oxygen atoms in total. The van der Waals surface area contributed by atoms with Gasteiger partial charge in [-0.2, -0.15) is 0 Å². The van der Waals surface area contributed by atoms with Gasteiger partial charge in [0.25, 0.3) is 0 Å². The van der Waals surface area contributed by atoms with Gasteiger partial charge < -0.3 is 10.5 Å². The molecule has 0 aliphatic heterocycles. The fraction of sp³-hybridized carbons (Fsp3) is 0.250. The van der Waals surface area contributed by atoms with Crippen molar-refractivity contribution in [3.05, 3.63) is 54.4 Å². The molecular weight excluding hydrogens is 312 g/mol. The van der Waals surface area contributed by atoms with Crippen LogP contribution in [0.4, 0.5) is 5.95 Å². The molecule has 3 rings (SSSR count). The highest BCUT2D eigenvalue weighted by Gasteiger charge is 2.16. The van der Waals surface area contributed by atoms with Crippen LogP contribution in [0.3, 0.4) is 0 Å². The summed E-state index contributed by atoms with van der Waals surface area (Å²) in [5.41, 5.74) is 10.8. The van der Waals surface area contributed by atoms with Gasteiger partial charge in [0.15, 0.2) is 0 Å². The summed E-state index contributed by atoms with van der Waals surface area (Å²) in [6, 6.07) is 11.8. The molecule has 2 N–H and O–H groups in total. The van der Waals surface area contributed by atoms with Crippen molar-refractivity contribution in [3.8, 4) is 28.3 Å². The molecule has 0 spiro atoms. The zero-order chi connectivity index (χ0) is 17.6. The summed E-state index contributed by atoms with van der Waals surface area (Å²) < 4.78 is 5.25. The van der Waals surface area contributed by atoms with E-state index in [0.717, 1.165) is 53.1 Å². The van der Waals surface area contributed by atoms with Crippen molar-refractivity contribution in [2.24, 2.45) is 0 Å². The lowest BCUT2D eigenvalue weighted by molar-refractivity contribution is 0.415. The van der Waals surface area contributed by atoms with Crippen molar-refractivity contribution in [2.45, 2.75) is 26.2 Å². The molecule has 0 saturated carbocycles. The minimum Gasteiger partial charge on any atom is -0.497 e. The molecule has 2 heterocycles. The number of pyridine rings is 1. The first-order valence-electron chi connectivity index (χ1n) is 8.44. The first-order chi connectivity index (χ1) is 12.2. The zero-order valence-corrected chi connectivity index (χ0v) is 14.6. The maximum absolute atomic E-state index is 6.02. The molecule has 0 atom stereocenters. The van der Waals surface area contributed by atoms with Gasteiger partial charge in [-0.25, -0.2) is 9.97 Å². The Morgan fingerprint density at radius 1 is 1.00 bits per heavy atom. The minimum absolute atomic E-state index is 0.268. The lowest BCUT2D eigenvalue weighted by Gasteiger charge is -2.15. The third-order valence-electron chi connectivity index (χ3n) is 4.10. The van der Waals surface area contributed by atoms with Crippen LogP contribution >= 0.6 is 0 Å². The van der Waals surface area contributed by atoms with Crippen LogP contribution in [0.2, 0.25) is 0 Å². The van der Waals surface area contributed by atoms with E-state index in [2.05, 4.69) is 21.9 Å². The lowest BCUT2D eigenvalue weighted by Crippen LogP contribution is -2.05. The Morgan fingerprint density at radius 3 is 2.32 bits per heavy atom. The standard InChI is InChI=1S/C20H22N4O/c1-3-4-7-17-18(14-8-10-16(25-2)11-9-14)23-20(21)24-19(17)15-6-5-12-22-13-15/h5-6,8-13H,3-4,7H2,1-2H3,(H2,21,23,24). The monoisotopic (exact) mass is 334 g/mol. The smallest absolute Gasteiger partial charge is 0.221 e. The number of anilines is 1. The maximum atomic E-state index is 6.02. The number of nitrogens with two attached hydrogens (primary N) is 1. The average Bonchev–Trinajstić information content (AvgIpc) is 2.67. The minimum atomic E-state index is 0.268. The Balaban J connectivity index is 2.17. The van der Waals surface area contributed by atoms with Gasteiger partial charge in [0.1, 0.15) is 5.75 Å². The molecule has 0 amide bonds. The second-order valence-electron chi connectivity index (χ2n) is 5.83. The molecule has 0 bridgehead atoms. The summed E-state index contributed by atoms with van der Waals surface area (Å²) in [7, 11) is 1.66. The molecule has 128 valence electrons. The summed E-state index contributed by atoms with van der Waals surface area (Å²) in [5, 5.41) is 0. The van der Waals surface area contributed by atoms with Crippen LogP contribution in [0.1, 0.15) is 25.3 Å². The van der Waals surface area contributed by atoms with Crippen LogP contribution in [-0.4, -0.2) is 22.1 Å². The number of unbranched alkanes of at least 4 members (excludes halogenated alkanes) is 1. The highest BCUT2D eigenvalue weighted by atomic mass is 16.5. The number of benzene rings is 1. The zero-order valence-electron chi connectivity index (χ0n) is 14.6. The van der Waals surface area contributed by atoms with E-state index in [4.69, 9.17) is 10.5 Å². The van der Waals surface area contributed by atoms with Crippen molar-refractivity contribution in [1.29, 1.82) is 0 Å². The van der Waals surface area contributed by atoms with Gasteiger partial charge in [-0.1, -0.05) is 13.3 Å². The summed E-state index contributed by atoms with van der Waals surface area (Å²) in [6.07, 6.45) is 6.62. The summed E-state index contributed by atoms with van der Waals surface area (Å²) in [4.78, 5) is 13.3. The number of methoxy groups -OCH3 is 1. The Bertz CT molecular complexity index is 832. The second-order valence-corrected chi connectivity index (χ2v) is 5.83. The van der Waals surface area contributed by atoms with Crippen LogP contribution in [-0.2, 0) is 6.42 Å². The van der Waals surface area contributed by atoms with Crippen LogP contribution in [0.5, 0.6) is 5.75 Å². The number of hydrogen-bond donors (Lipinski definition) is 1. The number of nitrogen functional groups attached to an aromatic ring is 1. The first kappa shape index (κ1) is 16.9. The molecule has 25 heavy (non-hydrogen) atoms. The number of rotatable bonds is 6. The lowest BCUT2D eigenvalue weighted by atomic mass is 9.97. The van der Waals surface area contributed by atoms with E-state index in [1.165, 1.54) is 0 Å². The van der Waals surface area contributed by atoms with Crippen molar-refractivity contribution in [2.75, 3.05) is 12.8 Å². The van der Waals surface area contributed by atoms with Crippen molar-refractivity contribution < 1.29 is 4.74 Å². The Kier molecular flexibility index (Phi) is 5.23. The van der Waals surface area contributed by atoms with E-state index >= 15 is 0 Å². The van der Waals surface area contributed by atoms with Crippen LogP contribution in [0.15, 0.2) is 48.8 Å². The quantitative estimate of drug-likeness (QED) is 0.733. The van der Waals surface area contributed by atoms with Gasteiger partial charge in [-0.05, 0) is 49.2 Å². The van der Waals surface area contributed by atoms with Gasteiger partial charge in [-0.15, -0.1) is 0 Å². The van der Waals surface area contributed by atoms with Gasteiger partial charge in [-0.3, -0.25) is 4.98 Å². The average molecular weight is 334 g/mol. The normalized spacial score (nSPS) is 10.6. The molecule has 5 heteroatoms. The SMILES string of the molecule is CCCCc1c(-c2ccc(OC)cc2)nc(N)nc1-c1cccnc1. The Labute approximate surface area is 147 Å². The predicted octanol–water partition coefficient (Wildman–Crippen LogP) is 4.14. The van der Waals surface area contributed by atoms with E-state index < -0.39 is 0 Å². The highest BCUT2D eigenvalue weighted by Crippen LogP contribution is 2.32. The second kappa shape index (κ2) is 7.75. The number of aromatic nitrogens is 3. The summed E-state index contributed by atoms with van der Waals surface area (Å²) in [5.74, 6) is 1.08. The van der Waals surface area contributed by atoms with Crippen LogP contribution in [0, 0.1) is 0 Å². The largest absolute Gasteiger partial charge is 0.497 e. The molecule has 0 radical (unpaired) electrons. The predicted molar refractivity (Wildman–Crippen MR) is 100 cm³/mol. The molecule has 0 aliphatic rings.